The van der Waals surface area contributed by atoms with E-state index in [1.165, 1.54) is 0 Å². The van der Waals surface area contributed by atoms with E-state index >= 15 is 0 Å². The summed E-state index contributed by atoms with van der Waals surface area (Å²) in [6.07, 6.45) is 2.75. The van der Waals surface area contributed by atoms with Gasteiger partial charge in [0.15, 0.2) is 0 Å². The highest BCUT2D eigenvalue weighted by molar-refractivity contribution is 7.98. The summed E-state index contributed by atoms with van der Waals surface area (Å²) in [5, 5.41) is 5.37. The van der Waals surface area contributed by atoms with Crippen LogP contribution in [0.25, 0.3) is 0 Å². The van der Waals surface area contributed by atoms with E-state index < -0.39 is 17.5 Å². The summed E-state index contributed by atoms with van der Waals surface area (Å²) in [5.41, 5.74) is -0.174. The minimum Gasteiger partial charge on any atom is -0.380 e. The van der Waals surface area contributed by atoms with Crippen LogP contribution in [0.1, 0.15) is 30.6 Å². The summed E-state index contributed by atoms with van der Waals surface area (Å²) < 4.78 is 27.7. The van der Waals surface area contributed by atoms with Gasteiger partial charge in [-0.1, -0.05) is 13.8 Å². The SMILES string of the molecule is CCCNc1c(F)cc(C(=O)NCC(C)CSC)cc1F. The van der Waals surface area contributed by atoms with Crippen LogP contribution in [0.15, 0.2) is 12.1 Å². The Bertz CT molecular complexity index is 460. The predicted octanol–water partition coefficient (Wildman–Crippen LogP) is 3.52. The lowest BCUT2D eigenvalue weighted by Gasteiger charge is -2.13. The molecule has 0 aliphatic heterocycles. The van der Waals surface area contributed by atoms with Crippen molar-refractivity contribution in [1.29, 1.82) is 0 Å². The average Bonchev–Trinajstić information content (AvgIpc) is 2.44. The number of nitrogens with one attached hydrogen (secondary N) is 2. The van der Waals surface area contributed by atoms with Crippen LogP contribution >= 0.6 is 11.8 Å². The number of anilines is 1. The molecule has 1 aromatic carbocycles. The number of carbonyl (C=O) groups excluding carboxylic acids is 1. The molecule has 0 heterocycles. The van der Waals surface area contributed by atoms with Crippen molar-refractivity contribution in [3.63, 3.8) is 0 Å². The lowest BCUT2D eigenvalue weighted by molar-refractivity contribution is 0.0948. The lowest BCUT2D eigenvalue weighted by atomic mass is 10.1. The zero-order chi connectivity index (χ0) is 15.8. The number of carbonyl (C=O) groups is 1. The molecule has 0 aromatic heterocycles. The van der Waals surface area contributed by atoms with Crippen LogP contribution < -0.4 is 10.6 Å². The summed E-state index contributed by atoms with van der Waals surface area (Å²) >= 11 is 1.69. The molecule has 21 heavy (non-hydrogen) atoms. The molecule has 0 spiro atoms. The first-order valence-corrected chi connectivity index (χ1v) is 8.39. The Kier molecular flexibility index (Phi) is 7.50. The molecular formula is C15H22F2N2OS. The lowest BCUT2D eigenvalue weighted by Crippen LogP contribution is -2.29. The normalized spacial score (nSPS) is 12.0. The highest BCUT2D eigenvalue weighted by Gasteiger charge is 2.15. The molecule has 1 rings (SSSR count). The van der Waals surface area contributed by atoms with E-state index in [1.807, 2.05) is 20.1 Å². The molecule has 0 fully saturated rings. The van der Waals surface area contributed by atoms with Crippen molar-refractivity contribution >= 4 is 23.4 Å². The maximum Gasteiger partial charge on any atom is 0.251 e. The summed E-state index contributed by atoms with van der Waals surface area (Å²) in [7, 11) is 0. The van der Waals surface area contributed by atoms with E-state index in [0.717, 1.165) is 24.3 Å². The molecule has 1 aromatic rings. The Labute approximate surface area is 128 Å². The van der Waals surface area contributed by atoms with Crippen molar-refractivity contribution in [3.05, 3.63) is 29.3 Å². The monoisotopic (exact) mass is 316 g/mol. The first-order valence-electron chi connectivity index (χ1n) is 6.99. The summed E-state index contributed by atoms with van der Waals surface area (Å²) in [4.78, 5) is 11.9. The van der Waals surface area contributed by atoms with Crippen LogP contribution in [0.4, 0.5) is 14.5 Å². The third-order valence-electron chi connectivity index (χ3n) is 2.92. The van der Waals surface area contributed by atoms with E-state index in [9.17, 15) is 13.6 Å². The molecule has 0 bridgehead atoms. The fraction of sp³-hybridized carbons (Fsp3) is 0.533. The largest absolute Gasteiger partial charge is 0.380 e. The van der Waals surface area contributed by atoms with Gasteiger partial charge >= 0.3 is 0 Å². The van der Waals surface area contributed by atoms with Gasteiger partial charge < -0.3 is 10.6 Å². The first-order chi connectivity index (χ1) is 9.99. The van der Waals surface area contributed by atoms with Crippen molar-refractivity contribution in [3.8, 4) is 0 Å². The van der Waals surface area contributed by atoms with Crippen molar-refractivity contribution in [2.45, 2.75) is 20.3 Å². The molecule has 0 aliphatic rings. The van der Waals surface area contributed by atoms with Crippen molar-refractivity contribution in [2.24, 2.45) is 5.92 Å². The van der Waals surface area contributed by atoms with Crippen LogP contribution in [0.2, 0.25) is 0 Å². The van der Waals surface area contributed by atoms with Gasteiger partial charge in [-0.3, -0.25) is 4.79 Å². The first kappa shape index (κ1) is 17.8. The fourth-order valence-corrected chi connectivity index (χ4v) is 2.52. The number of amides is 1. The Balaban J connectivity index is 2.73. The van der Waals surface area contributed by atoms with Gasteiger partial charge in [0.05, 0.1) is 0 Å². The summed E-state index contributed by atoms with van der Waals surface area (Å²) in [5.74, 6) is -0.716. The van der Waals surface area contributed by atoms with Crippen LogP contribution in [0, 0.1) is 17.6 Å². The maximum atomic E-state index is 13.8. The summed E-state index contributed by atoms with van der Waals surface area (Å²) in [6.45, 7) is 4.88. The van der Waals surface area contributed by atoms with E-state index in [4.69, 9.17) is 0 Å². The Hall–Kier alpha value is -1.30. The fourth-order valence-electron chi connectivity index (χ4n) is 1.84. The van der Waals surface area contributed by atoms with Crippen LogP contribution in [0.3, 0.4) is 0 Å². The Morgan fingerprint density at radius 3 is 2.48 bits per heavy atom. The Morgan fingerprint density at radius 1 is 1.33 bits per heavy atom. The van der Waals surface area contributed by atoms with Gasteiger partial charge in [0.1, 0.15) is 17.3 Å². The zero-order valence-corrected chi connectivity index (χ0v) is 13.4. The van der Waals surface area contributed by atoms with Gasteiger partial charge in [0, 0.05) is 18.7 Å². The second kappa shape index (κ2) is 8.87. The molecular weight excluding hydrogens is 294 g/mol. The van der Waals surface area contributed by atoms with E-state index in [0.29, 0.717) is 19.0 Å². The number of hydrogen-bond donors (Lipinski definition) is 2. The Morgan fingerprint density at radius 2 is 1.95 bits per heavy atom. The van der Waals surface area contributed by atoms with Gasteiger partial charge in [-0.25, -0.2) is 8.78 Å². The van der Waals surface area contributed by atoms with Crippen LogP contribution in [-0.4, -0.2) is 31.0 Å². The van der Waals surface area contributed by atoms with E-state index in [1.54, 1.807) is 11.8 Å². The molecule has 1 unspecified atom stereocenters. The quantitative estimate of drug-likeness (QED) is 0.771. The highest BCUT2D eigenvalue weighted by Crippen LogP contribution is 2.21. The van der Waals surface area contributed by atoms with Crippen molar-refractivity contribution < 1.29 is 13.6 Å². The number of hydrogen-bond acceptors (Lipinski definition) is 3. The third kappa shape index (κ3) is 5.53. The molecule has 6 heteroatoms. The van der Waals surface area contributed by atoms with Crippen LogP contribution in [0.5, 0.6) is 0 Å². The molecule has 0 saturated heterocycles. The molecule has 0 aliphatic carbocycles. The number of halogens is 2. The maximum absolute atomic E-state index is 13.8. The summed E-state index contributed by atoms with van der Waals surface area (Å²) in [6, 6.07) is 2.13. The molecule has 1 amide bonds. The van der Waals surface area contributed by atoms with Crippen molar-refractivity contribution in [1.82, 2.24) is 5.32 Å². The average molecular weight is 316 g/mol. The molecule has 3 nitrogen and oxygen atoms in total. The highest BCUT2D eigenvalue weighted by atomic mass is 32.2. The molecule has 1 atom stereocenters. The standard InChI is InChI=1S/C15H22F2N2OS/c1-4-5-18-14-12(16)6-11(7-13(14)17)15(20)19-8-10(2)9-21-3/h6-7,10,18H,4-5,8-9H2,1-3H3,(H,19,20). The molecule has 0 radical (unpaired) electrons. The van der Waals surface area contributed by atoms with E-state index in [-0.39, 0.29) is 11.3 Å². The zero-order valence-electron chi connectivity index (χ0n) is 12.6. The number of thioether (sulfide) groups is 1. The molecule has 118 valence electrons. The third-order valence-corrected chi connectivity index (χ3v) is 3.82. The van der Waals surface area contributed by atoms with Gasteiger partial charge in [-0.15, -0.1) is 0 Å². The van der Waals surface area contributed by atoms with Gasteiger partial charge in [0.25, 0.3) is 5.91 Å². The van der Waals surface area contributed by atoms with E-state index in [2.05, 4.69) is 10.6 Å². The minimum absolute atomic E-state index is 0.00315. The van der Waals surface area contributed by atoms with Crippen LogP contribution in [-0.2, 0) is 0 Å². The predicted molar refractivity (Wildman–Crippen MR) is 85.0 cm³/mol. The number of rotatable bonds is 8. The number of benzene rings is 1. The topological polar surface area (TPSA) is 41.1 Å². The van der Waals surface area contributed by atoms with Gasteiger partial charge in [-0.2, -0.15) is 11.8 Å². The second-order valence-electron chi connectivity index (χ2n) is 5.01. The van der Waals surface area contributed by atoms with Gasteiger partial charge in [-0.05, 0) is 36.5 Å². The molecule has 0 saturated carbocycles. The smallest absolute Gasteiger partial charge is 0.251 e. The van der Waals surface area contributed by atoms with Crippen molar-refractivity contribution in [2.75, 3.05) is 30.4 Å². The second-order valence-corrected chi connectivity index (χ2v) is 5.92. The molecule has 2 N–H and O–H groups in total. The van der Waals surface area contributed by atoms with Gasteiger partial charge in [0.2, 0.25) is 0 Å². The minimum atomic E-state index is -0.745.